The zero-order valence-corrected chi connectivity index (χ0v) is 22.5. The van der Waals surface area contributed by atoms with Crippen molar-refractivity contribution in [2.45, 2.75) is 29.8 Å². The zero-order chi connectivity index (χ0) is 25.3. The number of pyridine rings is 1. The van der Waals surface area contributed by atoms with Gasteiger partial charge >= 0.3 is 0 Å². The molecule has 2 fully saturated rings. The lowest BCUT2D eigenvalue weighted by atomic mass is 10.1. The highest BCUT2D eigenvalue weighted by molar-refractivity contribution is 7.89. The second-order valence-corrected chi connectivity index (χ2v) is 10.9. The number of sulfonamides is 1. The monoisotopic (exact) mass is 559 g/mol. The molecule has 2 aromatic rings. The van der Waals surface area contributed by atoms with Crippen LogP contribution in [0.1, 0.15) is 12.8 Å². The Kier molecular flexibility index (Phi) is 9.07. The number of hydrogen-bond donors (Lipinski definition) is 2. The van der Waals surface area contributed by atoms with Crippen LogP contribution in [-0.2, 0) is 21.9 Å². The molecule has 1 saturated heterocycles. The molecular weight excluding hydrogens is 529 g/mol. The molecular formula is C23H31Cl2N5O5S. The highest BCUT2D eigenvalue weighted by Gasteiger charge is 2.35. The lowest BCUT2D eigenvalue weighted by Crippen LogP contribution is -2.57. The van der Waals surface area contributed by atoms with Crippen LogP contribution in [0.4, 0.5) is 0 Å². The van der Waals surface area contributed by atoms with Gasteiger partial charge in [0.25, 0.3) is 5.56 Å². The number of ether oxygens (including phenoxy) is 1. The van der Waals surface area contributed by atoms with Crippen molar-refractivity contribution < 1.29 is 17.9 Å². The van der Waals surface area contributed by atoms with Gasteiger partial charge in [0.15, 0.2) is 0 Å². The van der Waals surface area contributed by atoms with E-state index in [2.05, 4.69) is 9.62 Å². The molecule has 1 saturated carbocycles. The molecule has 10 nitrogen and oxygen atoms in total. The van der Waals surface area contributed by atoms with Crippen LogP contribution >= 0.6 is 24.0 Å². The highest BCUT2D eigenvalue weighted by Crippen LogP contribution is 2.35. The Morgan fingerprint density at radius 1 is 1.22 bits per heavy atom. The Hall–Kier alpha value is -2.15. The van der Waals surface area contributed by atoms with Crippen LogP contribution in [0.5, 0.6) is 5.75 Å². The summed E-state index contributed by atoms with van der Waals surface area (Å²) in [6.07, 6.45) is 3.85. The quantitative estimate of drug-likeness (QED) is 0.494. The van der Waals surface area contributed by atoms with E-state index in [4.69, 9.17) is 22.1 Å². The minimum Gasteiger partial charge on any atom is -0.495 e. The predicted molar refractivity (Wildman–Crippen MR) is 140 cm³/mol. The number of nitrogens with zero attached hydrogens (tertiary/aromatic N) is 3. The first-order chi connectivity index (χ1) is 16.7. The Labute approximate surface area is 221 Å². The molecule has 0 bridgehead atoms. The summed E-state index contributed by atoms with van der Waals surface area (Å²) >= 11 is 6.13. The Bertz CT molecular complexity index is 1270. The number of para-hydroxylation sites is 1. The molecule has 13 heteroatoms. The van der Waals surface area contributed by atoms with Crippen LogP contribution in [0.25, 0.3) is 11.1 Å². The molecule has 1 aliphatic heterocycles. The normalized spacial score (nSPS) is 17.4. The SMILES string of the molecule is COc1c(-c2cc(Cl)cn(C)c2=O)cccc1S(=O)(=O)N[C@@H](CN)C(=O)N1CCN(C2CC2)CC1.Cl. The number of methoxy groups -OCH3 is 1. The smallest absolute Gasteiger partial charge is 0.258 e. The number of piperazine rings is 1. The summed E-state index contributed by atoms with van der Waals surface area (Å²) in [5, 5.41) is 0.311. The first kappa shape index (κ1) is 28.4. The summed E-state index contributed by atoms with van der Waals surface area (Å²) in [5.74, 6) is -0.383. The van der Waals surface area contributed by atoms with Gasteiger partial charge in [0.2, 0.25) is 15.9 Å². The molecule has 1 aromatic heterocycles. The summed E-state index contributed by atoms with van der Waals surface area (Å²) < 4.78 is 36.0. The molecule has 3 N–H and O–H groups in total. The van der Waals surface area contributed by atoms with Gasteiger partial charge in [0, 0.05) is 57.6 Å². The summed E-state index contributed by atoms with van der Waals surface area (Å²) in [7, 11) is -1.36. The minimum atomic E-state index is -4.23. The van der Waals surface area contributed by atoms with Crippen molar-refractivity contribution in [2.75, 3.05) is 39.8 Å². The molecule has 4 rings (SSSR count). The largest absolute Gasteiger partial charge is 0.495 e. The number of hydrogen-bond acceptors (Lipinski definition) is 7. The van der Waals surface area contributed by atoms with Gasteiger partial charge in [-0.2, -0.15) is 4.72 Å². The van der Waals surface area contributed by atoms with E-state index < -0.39 is 16.1 Å². The third-order valence-corrected chi connectivity index (χ3v) is 8.14. The maximum absolute atomic E-state index is 13.4. The van der Waals surface area contributed by atoms with Gasteiger partial charge in [-0.15, -0.1) is 12.4 Å². The van der Waals surface area contributed by atoms with Gasteiger partial charge in [-0.25, -0.2) is 8.42 Å². The van der Waals surface area contributed by atoms with Crippen LogP contribution in [0.15, 0.2) is 40.2 Å². The standard InChI is InChI=1S/C23H30ClN5O5S.ClH/c1-27-14-15(24)12-18(22(27)30)17-4-3-5-20(21(17)34-2)35(32,33)26-19(13-25)23(31)29-10-8-28(9-11-29)16-6-7-16;/h3-5,12,14,16,19,26H,6-11,13,25H2,1-2H3;1H/t19-;/m0./s1. The van der Waals surface area contributed by atoms with Crippen molar-refractivity contribution in [3.05, 3.63) is 45.8 Å². The molecule has 0 radical (unpaired) electrons. The molecule has 2 aliphatic rings. The molecule has 1 atom stereocenters. The lowest BCUT2D eigenvalue weighted by Gasteiger charge is -2.36. The molecule has 0 unspecified atom stereocenters. The van der Waals surface area contributed by atoms with Crippen molar-refractivity contribution >= 4 is 39.9 Å². The first-order valence-electron chi connectivity index (χ1n) is 11.4. The van der Waals surface area contributed by atoms with E-state index in [1.54, 1.807) is 18.0 Å². The second kappa shape index (κ2) is 11.5. The molecule has 1 aromatic carbocycles. The van der Waals surface area contributed by atoms with E-state index in [9.17, 15) is 18.0 Å². The fourth-order valence-corrected chi connectivity index (χ4v) is 6.08. The lowest BCUT2D eigenvalue weighted by molar-refractivity contribution is -0.134. The number of carbonyl (C=O) groups excluding carboxylic acids is 1. The number of nitrogens with two attached hydrogens (primary N) is 1. The van der Waals surface area contributed by atoms with E-state index >= 15 is 0 Å². The van der Waals surface area contributed by atoms with Crippen LogP contribution < -0.4 is 20.8 Å². The first-order valence-corrected chi connectivity index (χ1v) is 13.3. The third-order valence-electron chi connectivity index (χ3n) is 6.43. The van der Waals surface area contributed by atoms with E-state index in [-0.39, 0.29) is 52.2 Å². The van der Waals surface area contributed by atoms with Crippen LogP contribution in [0.2, 0.25) is 5.02 Å². The predicted octanol–water partition coefficient (Wildman–Crippen LogP) is 1.05. The average Bonchev–Trinajstić information content (AvgIpc) is 3.69. The molecule has 1 aliphatic carbocycles. The number of halogens is 2. The zero-order valence-electron chi connectivity index (χ0n) is 20.1. The maximum Gasteiger partial charge on any atom is 0.258 e. The topological polar surface area (TPSA) is 127 Å². The number of carbonyl (C=O) groups is 1. The summed E-state index contributed by atoms with van der Waals surface area (Å²) in [5.41, 5.74) is 5.91. The number of aryl methyl sites for hydroxylation is 1. The van der Waals surface area contributed by atoms with Crippen molar-refractivity contribution in [1.29, 1.82) is 0 Å². The molecule has 198 valence electrons. The van der Waals surface area contributed by atoms with Crippen molar-refractivity contribution in [1.82, 2.24) is 19.1 Å². The fourth-order valence-electron chi connectivity index (χ4n) is 4.43. The van der Waals surface area contributed by atoms with Crippen LogP contribution in [-0.4, -0.2) is 80.6 Å². The Morgan fingerprint density at radius 2 is 1.89 bits per heavy atom. The summed E-state index contributed by atoms with van der Waals surface area (Å²) in [4.78, 5) is 29.6. The van der Waals surface area contributed by atoms with Crippen molar-refractivity contribution in [2.24, 2.45) is 12.8 Å². The molecule has 2 heterocycles. The Morgan fingerprint density at radius 3 is 2.47 bits per heavy atom. The summed E-state index contributed by atoms with van der Waals surface area (Å²) in [6, 6.07) is 5.39. The number of nitrogens with one attached hydrogen (secondary N) is 1. The Balaban J connectivity index is 0.00000361. The van der Waals surface area contributed by atoms with Gasteiger partial charge in [0.05, 0.1) is 17.7 Å². The number of benzene rings is 1. The molecule has 36 heavy (non-hydrogen) atoms. The van der Waals surface area contributed by atoms with E-state index in [1.165, 1.54) is 48.9 Å². The number of amides is 1. The van der Waals surface area contributed by atoms with E-state index in [0.717, 1.165) is 13.1 Å². The second-order valence-electron chi connectivity index (χ2n) is 8.83. The van der Waals surface area contributed by atoms with Crippen molar-refractivity contribution in [3.8, 4) is 16.9 Å². The van der Waals surface area contributed by atoms with Crippen LogP contribution in [0, 0.1) is 0 Å². The van der Waals surface area contributed by atoms with Gasteiger partial charge in [-0.3, -0.25) is 14.5 Å². The highest BCUT2D eigenvalue weighted by atomic mass is 35.5. The van der Waals surface area contributed by atoms with Crippen molar-refractivity contribution in [3.63, 3.8) is 0 Å². The van der Waals surface area contributed by atoms with Gasteiger partial charge in [-0.05, 0) is 25.0 Å². The number of rotatable bonds is 8. The molecule has 0 spiro atoms. The number of aromatic nitrogens is 1. The van der Waals surface area contributed by atoms with Gasteiger partial charge < -0.3 is 19.9 Å². The summed E-state index contributed by atoms with van der Waals surface area (Å²) in [6.45, 7) is 2.41. The van der Waals surface area contributed by atoms with Gasteiger partial charge in [-0.1, -0.05) is 23.7 Å². The van der Waals surface area contributed by atoms with E-state index in [0.29, 0.717) is 24.2 Å². The third kappa shape index (κ3) is 5.87. The maximum atomic E-state index is 13.4. The van der Waals surface area contributed by atoms with E-state index in [1.807, 2.05) is 0 Å². The van der Waals surface area contributed by atoms with Gasteiger partial charge in [0.1, 0.15) is 16.7 Å². The average molecular weight is 561 g/mol. The molecule has 1 amide bonds. The fraction of sp³-hybridized carbons (Fsp3) is 0.478. The minimum absolute atomic E-state index is 0. The van der Waals surface area contributed by atoms with Crippen LogP contribution in [0.3, 0.4) is 0 Å².